The average molecular weight is 528 g/mol. The number of hydrogen-bond acceptors (Lipinski definition) is 4. The molecule has 1 aliphatic heterocycles. The number of nitrogens with two attached hydrogens (primary N) is 1. The summed E-state index contributed by atoms with van der Waals surface area (Å²) in [6.45, 7) is 1.48. The Morgan fingerprint density at radius 3 is 2.21 bits per heavy atom. The van der Waals surface area contributed by atoms with Crippen LogP contribution in [0.15, 0.2) is 48.5 Å². The van der Waals surface area contributed by atoms with E-state index in [0.29, 0.717) is 44.5 Å². The van der Waals surface area contributed by atoms with Crippen LogP contribution in [-0.2, 0) is 16.1 Å². The van der Waals surface area contributed by atoms with Gasteiger partial charge in [-0.05, 0) is 42.0 Å². The second kappa shape index (κ2) is 11.9. The number of primary amides is 1. The van der Waals surface area contributed by atoms with Crippen LogP contribution >= 0.6 is 0 Å². The fourth-order valence-corrected chi connectivity index (χ4v) is 5.85. The Kier molecular flexibility index (Phi) is 8.63. The first kappa shape index (κ1) is 27.5. The molecular weight excluding hydrogens is 491 g/mol. The smallest absolute Gasteiger partial charge is 0.449 e. The number of piperidine rings is 1. The van der Waals surface area contributed by atoms with Gasteiger partial charge >= 0.3 is 6.09 Å². The number of aliphatic hydroxyl groups is 1. The number of carboxylic acid groups (broad SMARTS) is 1. The average Bonchev–Trinajstić information content (AvgIpc) is 2.89. The molecule has 38 heavy (non-hydrogen) atoms. The van der Waals surface area contributed by atoms with Gasteiger partial charge < -0.3 is 21.3 Å². The number of likely N-dealkylation sites (tertiary alicyclic amines) is 1. The summed E-state index contributed by atoms with van der Waals surface area (Å²) in [5.74, 6) is -1.78. The highest BCUT2D eigenvalue weighted by Crippen LogP contribution is 2.38. The number of carbonyl (C=O) groups excluding carboxylic acids is 2. The van der Waals surface area contributed by atoms with Crippen LogP contribution < -0.4 is 16.5 Å². The minimum Gasteiger partial charge on any atom is -0.462 e. The zero-order valence-electron chi connectivity index (χ0n) is 21.3. The number of amides is 3. The maximum atomic E-state index is 13.4. The summed E-state index contributed by atoms with van der Waals surface area (Å²) in [6.07, 6.45) is 2.94. The van der Waals surface area contributed by atoms with Crippen LogP contribution in [0, 0.1) is 11.7 Å². The molecule has 0 radical (unpaired) electrons. The van der Waals surface area contributed by atoms with Crippen molar-refractivity contribution in [2.24, 2.45) is 11.7 Å². The highest BCUT2D eigenvalue weighted by Gasteiger charge is 2.37. The lowest BCUT2D eigenvalue weighted by Crippen LogP contribution is -2.63. The first-order valence-electron chi connectivity index (χ1n) is 13.2. The number of nitrogens with zero attached hydrogens (tertiary/aromatic N) is 1. The van der Waals surface area contributed by atoms with Gasteiger partial charge in [-0.2, -0.15) is 5.43 Å². The Morgan fingerprint density at radius 2 is 1.61 bits per heavy atom. The Labute approximate surface area is 221 Å². The molecule has 1 heterocycles. The number of nitrogens with one attached hydrogen (secondary N) is 2. The van der Waals surface area contributed by atoms with E-state index in [0.717, 1.165) is 30.4 Å². The standard InChI is InChI=1S/C28H35FN4O5/c29-21-11-9-20(10-12-21)25(26(30)35)31-27(36)24-4-2-1-3-23(24)19-7-5-18(6-8-19)17-33(32-28(37)38)15-13-22(34)14-16-33/h5-12,22-25,32,34H,1-4,13-17H2,(H3-,30,31,35,36,37,38)/p+1. The normalized spacial score (nSPS) is 26.2. The van der Waals surface area contributed by atoms with E-state index >= 15 is 0 Å². The van der Waals surface area contributed by atoms with Gasteiger partial charge in [-0.25, -0.2) is 13.8 Å². The Hall–Kier alpha value is -3.50. The van der Waals surface area contributed by atoms with Gasteiger partial charge in [0.2, 0.25) is 11.8 Å². The van der Waals surface area contributed by atoms with E-state index in [4.69, 9.17) is 5.73 Å². The van der Waals surface area contributed by atoms with E-state index in [1.54, 1.807) is 0 Å². The van der Waals surface area contributed by atoms with Crippen molar-refractivity contribution in [1.82, 2.24) is 10.7 Å². The van der Waals surface area contributed by atoms with E-state index in [1.807, 2.05) is 24.3 Å². The summed E-state index contributed by atoms with van der Waals surface area (Å²) in [5.41, 5.74) is 10.6. The molecule has 2 aromatic rings. The molecule has 0 aromatic heterocycles. The lowest BCUT2D eigenvalue weighted by molar-refractivity contribution is -0.978. The zero-order valence-corrected chi connectivity index (χ0v) is 21.3. The van der Waals surface area contributed by atoms with E-state index in [1.165, 1.54) is 24.3 Å². The van der Waals surface area contributed by atoms with Crippen molar-refractivity contribution in [3.05, 3.63) is 71.0 Å². The molecule has 0 bridgehead atoms. The minimum atomic E-state index is -1.09. The van der Waals surface area contributed by atoms with Crippen LogP contribution in [0.25, 0.3) is 0 Å². The summed E-state index contributed by atoms with van der Waals surface area (Å²) < 4.78 is 13.5. The third-order valence-corrected chi connectivity index (χ3v) is 7.88. The predicted octanol–water partition coefficient (Wildman–Crippen LogP) is 3.10. The topological polar surface area (TPSA) is 142 Å². The molecular formula is C28H36FN4O5+. The summed E-state index contributed by atoms with van der Waals surface area (Å²) in [7, 11) is 0. The van der Waals surface area contributed by atoms with Crippen LogP contribution in [-0.4, -0.2) is 51.9 Å². The number of carbonyl (C=O) groups is 3. The van der Waals surface area contributed by atoms with Crippen LogP contribution in [0.2, 0.25) is 0 Å². The van der Waals surface area contributed by atoms with Crippen molar-refractivity contribution in [2.75, 3.05) is 13.1 Å². The van der Waals surface area contributed by atoms with Gasteiger partial charge in [0.1, 0.15) is 31.5 Å². The van der Waals surface area contributed by atoms with E-state index < -0.39 is 30.0 Å². The van der Waals surface area contributed by atoms with E-state index in [-0.39, 0.29) is 22.3 Å². The van der Waals surface area contributed by atoms with Crippen LogP contribution in [0.3, 0.4) is 0 Å². The van der Waals surface area contributed by atoms with Gasteiger partial charge in [-0.3, -0.25) is 9.59 Å². The first-order valence-corrected chi connectivity index (χ1v) is 13.2. The van der Waals surface area contributed by atoms with Crippen molar-refractivity contribution < 1.29 is 33.6 Å². The Balaban J connectivity index is 1.48. The molecule has 0 spiro atoms. The van der Waals surface area contributed by atoms with Crippen molar-refractivity contribution in [3.8, 4) is 0 Å². The fourth-order valence-electron chi connectivity index (χ4n) is 5.85. The van der Waals surface area contributed by atoms with Gasteiger partial charge in [-0.15, -0.1) is 0 Å². The number of halogens is 1. The summed E-state index contributed by atoms with van der Waals surface area (Å²) in [5, 5.41) is 22.1. The van der Waals surface area contributed by atoms with Gasteiger partial charge in [-0.1, -0.05) is 49.2 Å². The molecule has 1 saturated heterocycles. The molecule has 2 aromatic carbocycles. The number of aliphatic hydroxyl groups excluding tert-OH is 1. The van der Waals surface area contributed by atoms with Gasteiger partial charge in [0.15, 0.2) is 0 Å². The molecule has 1 saturated carbocycles. The van der Waals surface area contributed by atoms with Crippen LogP contribution in [0.1, 0.15) is 67.2 Å². The number of rotatable bonds is 8. The molecule has 4 rings (SSSR count). The zero-order chi connectivity index (χ0) is 27.3. The maximum absolute atomic E-state index is 13.4. The first-order chi connectivity index (χ1) is 18.2. The second-order valence-corrected chi connectivity index (χ2v) is 10.5. The molecule has 3 amide bonds. The molecule has 204 valence electrons. The molecule has 10 heteroatoms. The van der Waals surface area contributed by atoms with Gasteiger partial charge in [0.25, 0.3) is 0 Å². The fraction of sp³-hybridized carbons (Fsp3) is 0.464. The van der Waals surface area contributed by atoms with E-state index in [9.17, 15) is 29.0 Å². The Morgan fingerprint density at radius 1 is 0.974 bits per heavy atom. The second-order valence-electron chi connectivity index (χ2n) is 10.5. The lowest BCUT2D eigenvalue weighted by Gasteiger charge is -2.40. The van der Waals surface area contributed by atoms with Gasteiger partial charge in [0.05, 0.1) is 6.10 Å². The molecule has 1 aliphatic carbocycles. The third kappa shape index (κ3) is 6.68. The summed E-state index contributed by atoms with van der Waals surface area (Å²) >= 11 is 0. The number of quaternary nitrogens is 1. The predicted molar refractivity (Wildman–Crippen MR) is 138 cm³/mol. The molecule has 3 unspecified atom stereocenters. The van der Waals surface area contributed by atoms with Crippen molar-refractivity contribution >= 4 is 17.9 Å². The number of benzene rings is 2. The lowest BCUT2D eigenvalue weighted by atomic mass is 9.74. The molecule has 2 fully saturated rings. The summed E-state index contributed by atoms with van der Waals surface area (Å²) in [6, 6.07) is 12.2. The SMILES string of the molecule is NC(=O)C(NC(=O)C1CCCCC1c1ccc(C[N+]2(NC(=O)O)CCC(O)CC2)cc1)c1ccc(F)cc1. The van der Waals surface area contributed by atoms with E-state index in [2.05, 4.69) is 10.7 Å². The minimum absolute atomic E-state index is 0.0371. The quantitative estimate of drug-likeness (QED) is 0.336. The monoisotopic (exact) mass is 527 g/mol. The maximum Gasteiger partial charge on any atom is 0.449 e. The summed E-state index contributed by atoms with van der Waals surface area (Å²) in [4.78, 5) is 36.9. The highest BCUT2D eigenvalue weighted by atomic mass is 19.1. The van der Waals surface area contributed by atoms with Crippen molar-refractivity contribution in [2.45, 2.75) is 63.1 Å². The van der Waals surface area contributed by atoms with Crippen LogP contribution in [0.4, 0.5) is 9.18 Å². The van der Waals surface area contributed by atoms with Crippen molar-refractivity contribution in [3.63, 3.8) is 0 Å². The Bertz CT molecular complexity index is 1130. The number of hydrogen-bond donors (Lipinski definition) is 5. The largest absolute Gasteiger partial charge is 0.462 e. The van der Waals surface area contributed by atoms with Crippen LogP contribution in [0.5, 0.6) is 0 Å². The molecule has 9 nitrogen and oxygen atoms in total. The third-order valence-electron chi connectivity index (χ3n) is 7.88. The molecule has 6 N–H and O–H groups in total. The highest BCUT2D eigenvalue weighted by molar-refractivity contribution is 5.89. The molecule has 2 aliphatic rings. The molecule has 3 atom stereocenters. The van der Waals surface area contributed by atoms with Gasteiger partial charge in [0, 0.05) is 24.3 Å². The van der Waals surface area contributed by atoms with Crippen molar-refractivity contribution in [1.29, 1.82) is 0 Å².